The van der Waals surface area contributed by atoms with Crippen LogP contribution in [0, 0.1) is 5.92 Å². The van der Waals surface area contributed by atoms with Crippen molar-refractivity contribution in [3.05, 3.63) is 53.6 Å². The second-order valence-corrected chi connectivity index (χ2v) is 7.48. The molecule has 0 saturated carbocycles. The lowest BCUT2D eigenvalue weighted by atomic mass is 9.89. The van der Waals surface area contributed by atoms with Crippen LogP contribution in [0.3, 0.4) is 0 Å². The SMILES string of the molecule is COc1ccc(O)c(CN2CCC[C@@H](C(=O)c3ccccc3SC)C2)c1. The molecular weight excluding hydrogens is 346 g/mol. The van der Waals surface area contributed by atoms with Gasteiger partial charge in [0.1, 0.15) is 11.5 Å². The van der Waals surface area contributed by atoms with Gasteiger partial charge in [0.15, 0.2) is 5.78 Å². The fourth-order valence-electron chi connectivity index (χ4n) is 3.54. The molecule has 1 aliphatic heterocycles. The van der Waals surface area contributed by atoms with E-state index in [0.29, 0.717) is 6.54 Å². The number of methoxy groups -OCH3 is 1. The van der Waals surface area contributed by atoms with Gasteiger partial charge in [0.25, 0.3) is 0 Å². The van der Waals surface area contributed by atoms with Crippen molar-refractivity contribution in [1.29, 1.82) is 0 Å². The maximum Gasteiger partial charge on any atom is 0.168 e. The summed E-state index contributed by atoms with van der Waals surface area (Å²) in [6.07, 6.45) is 3.91. The van der Waals surface area contributed by atoms with E-state index < -0.39 is 0 Å². The van der Waals surface area contributed by atoms with Gasteiger partial charge < -0.3 is 9.84 Å². The smallest absolute Gasteiger partial charge is 0.168 e. The molecule has 0 radical (unpaired) electrons. The number of nitrogens with zero attached hydrogens (tertiary/aromatic N) is 1. The molecule has 1 heterocycles. The Morgan fingerprint density at radius 2 is 2.12 bits per heavy atom. The minimum Gasteiger partial charge on any atom is -0.508 e. The zero-order valence-electron chi connectivity index (χ0n) is 15.3. The van der Waals surface area contributed by atoms with Gasteiger partial charge in [-0.25, -0.2) is 0 Å². The molecule has 26 heavy (non-hydrogen) atoms. The first-order chi connectivity index (χ1) is 12.6. The maximum absolute atomic E-state index is 13.0. The lowest BCUT2D eigenvalue weighted by Crippen LogP contribution is -2.38. The van der Waals surface area contributed by atoms with E-state index in [1.807, 2.05) is 36.6 Å². The fourth-order valence-corrected chi connectivity index (χ4v) is 4.14. The monoisotopic (exact) mass is 371 g/mol. The first-order valence-electron chi connectivity index (χ1n) is 8.88. The first kappa shape index (κ1) is 18.8. The average molecular weight is 372 g/mol. The van der Waals surface area contributed by atoms with Gasteiger partial charge in [-0.15, -0.1) is 11.8 Å². The topological polar surface area (TPSA) is 49.8 Å². The van der Waals surface area contributed by atoms with E-state index in [0.717, 1.165) is 47.7 Å². The minimum absolute atomic E-state index is 0.00445. The molecule has 1 fully saturated rings. The average Bonchev–Trinajstić information content (AvgIpc) is 2.69. The summed E-state index contributed by atoms with van der Waals surface area (Å²) in [4.78, 5) is 16.3. The number of thioether (sulfide) groups is 1. The number of phenolic OH excluding ortho intramolecular Hbond substituents is 1. The molecule has 0 unspecified atom stereocenters. The molecule has 2 aromatic rings. The van der Waals surface area contributed by atoms with Gasteiger partial charge in [0.05, 0.1) is 7.11 Å². The Hall–Kier alpha value is -1.98. The summed E-state index contributed by atoms with van der Waals surface area (Å²) in [5.74, 6) is 1.24. The summed E-state index contributed by atoms with van der Waals surface area (Å²) in [6, 6.07) is 13.1. The second-order valence-electron chi connectivity index (χ2n) is 6.63. The molecule has 0 bridgehead atoms. The Kier molecular flexibility index (Phi) is 6.22. The maximum atomic E-state index is 13.0. The third kappa shape index (κ3) is 4.22. The number of carbonyl (C=O) groups is 1. The Morgan fingerprint density at radius 3 is 2.88 bits per heavy atom. The van der Waals surface area contributed by atoms with Crippen molar-refractivity contribution in [2.24, 2.45) is 5.92 Å². The first-order valence-corrected chi connectivity index (χ1v) is 10.1. The van der Waals surface area contributed by atoms with Crippen LogP contribution >= 0.6 is 11.8 Å². The number of benzene rings is 2. The molecule has 4 nitrogen and oxygen atoms in total. The number of piperidine rings is 1. The van der Waals surface area contributed by atoms with Crippen LogP contribution in [-0.4, -0.2) is 42.2 Å². The normalized spacial score (nSPS) is 17.8. The largest absolute Gasteiger partial charge is 0.508 e. The van der Waals surface area contributed by atoms with Crippen LogP contribution < -0.4 is 4.74 Å². The summed E-state index contributed by atoms with van der Waals surface area (Å²) in [6.45, 7) is 2.28. The number of aromatic hydroxyl groups is 1. The van der Waals surface area contributed by atoms with Crippen LogP contribution in [0.15, 0.2) is 47.4 Å². The number of Topliss-reactive ketones (excluding diaryl/α,β-unsaturated/α-hetero) is 1. The van der Waals surface area contributed by atoms with Crippen LogP contribution in [0.25, 0.3) is 0 Å². The number of ether oxygens (including phenoxy) is 1. The molecule has 1 aliphatic rings. The number of phenols is 1. The predicted octanol–water partition coefficient (Wildman–Crippen LogP) is 4.22. The molecule has 1 saturated heterocycles. The van der Waals surface area contributed by atoms with Gasteiger partial charge in [-0.3, -0.25) is 9.69 Å². The Balaban J connectivity index is 1.72. The Morgan fingerprint density at radius 1 is 1.31 bits per heavy atom. The van der Waals surface area contributed by atoms with Crippen molar-refractivity contribution in [3.63, 3.8) is 0 Å². The Bertz CT molecular complexity index is 778. The highest BCUT2D eigenvalue weighted by atomic mass is 32.2. The van der Waals surface area contributed by atoms with Gasteiger partial charge >= 0.3 is 0 Å². The van der Waals surface area contributed by atoms with Gasteiger partial charge in [-0.05, 0) is 49.9 Å². The van der Waals surface area contributed by atoms with Crippen molar-refractivity contribution < 1.29 is 14.6 Å². The highest BCUT2D eigenvalue weighted by Crippen LogP contribution is 2.29. The number of carbonyl (C=O) groups excluding carboxylic acids is 1. The minimum atomic E-state index is 0.00445. The van der Waals surface area contributed by atoms with E-state index in [1.54, 1.807) is 31.0 Å². The van der Waals surface area contributed by atoms with Crippen LogP contribution in [0.4, 0.5) is 0 Å². The zero-order valence-corrected chi connectivity index (χ0v) is 16.1. The predicted molar refractivity (Wildman–Crippen MR) is 105 cm³/mol. The van der Waals surface area contributed by atoms with E-state index >= 15 is 0 Å². The van der Waals surface area contributed by atoms with E-state index in [1.165, 1.54) is 0 Å². The van der Waals surface area contributed by atoms with Crippen LogP contribution in [0.1, 0.15) is 28.8 Å². The highest BCUT2D eigenvalue weighted by Gasteiger charge is 2.28. The lowest BCUT2D eigenvalue weighted by molar-refractivity contribution is 0.0808. The second kappa shape index (κ2) is 8.60. The number of rotatable bonds is 6. The van der Waals surface area contributed by atoms with Crippen LogP contribution in [0.2, 0.25) is 0 Å². The highest BCUT2D eigenvalue weighted by molar-refractivity contribution is 7.98. The molecule has 138 valence electrons. The van der Waals surface area contributed by atoms with E-state index in [2.05, 4.69) is 4.90 Å². The molecule has 0 aliphatic carbocycles. The summed E-state index contributed by atoms with van der Waals surface area (Å²) in [5.41, 5.74) is 1.66. The molecule has 1 N–H and O–H groups in total. The molecule has 2 aromatic carbocycles. The van der Waals surface area contributed by atoms with Gasteiger partial charge in [0.2, 0.25) is 0 Å². The molecule has 0 aromatic heterocycles. The third-order valence-corrected chi connectivity index (χ3v) is 5.73. The molecule has 1 atom stereocenters. The summed E-state index contributed by atoms with van der Waals surface area (Å²) in [7, 11) is 1.62. The fraction of sp³-hybridized carbons (Fsp3) is 0.381. The zero-order chi connectivity index (χ0) is 18.5. The Labute approximate surface area is 159 Å². The number of ketones is 1. The number of hydrogen-bond acceptors (Lipinski definition) is 5. The third-order valence-electron chi connectivity index (χ3n) is 4.93. The quantitative estimate of drug-likeness (QED) is 0.609. The van der Waals surface area contributed by atoms with Crippen LogP contribution in [-0.2, 0) is 6.54 Å². The molecule has 5 heteroatoms. The van der Waals surface area contributed by atoms with E-state index in [4.69, 9.17) is 4.74 Å². The molecule has 0 spiro atoms. The van der Waals surface area contributed by atoms with Gasteiger partial charge in [-0.2, -0.15) is 0 Å². The van der Waals surface area contributed by atoms with Crippen molar-refractivity contribution in [3.8, 4) is 11.5 Å². The van der Waals surface area contributed by atoms with E-state index in [-0.39, 0.29) is 17.5 Å². The van der Waals surface area contributed by atoms with Crippen molar-refractivity contribution in [2.75, 3.05) is 26.5 Å². The van der Waals surface area contributed by atoms with Crippen LogP contribution in [0.5, 0.6) is 11.5 Å². The van der Waals surface area contributed by atoms with Gasteiger partial charge in [0, 0.05) is 35.0 Å². The summed E-state index contributed by atoms with van der Waals surface area (Å²) < 4.78 is 5.26. The lowest BCUT2D eigenvalue weighted by Gasteiger charge is -2.32. The summed E-state index contributed by atoms with van der Waals surface area (Å²) >= 11 is 1.62. The van der Waals surface area contributed by atoms with Crippen molar-refractivity contribution in [2.45, 2.75) is 24.3 Å². The molecule has 0 amide bonds. The van der Waals surface area contributed by atoms with Crippen molar-refractivity contribution in [1.82, 2.24) is 4.90 Å². The number of likely N-dealkylation sites (tertiary alicyclic amines) is 1. The van der Waals surface area contributed by atoms with Crippen molar-refractivity contribution >= 4 is 17.5 Å². The van der Waals surface area contributed by atoms with Gasteiger partial charge in [-0.1, -0.05) is 18.2 Å². The number of hydrogen-bond donors (Lipinski definition) is 1. The summed E-state index contributed by atoms with van der Waals surface area (Å²) in [5, 5.41) is 10.1. The molecule has 3 rings (SSSR count). The van der Waals surface area contributed by atoms with E-state index in [9.17, 15) is 9.90 Å². The standard InChI is InChI=1S/C21H25NO3S/c1-25-17-9-10-19(23)16(12-17)14-22-11-5-6-15(13-22)21(24)18-7-3-4-8-20(18)26-2/h3-4,7-10,12,15,23H,5-6,11,13-14H2,1-2H3/t15-/m1/s1. The molecular formula is C21H25NO3S.